The van der Waals surface area contributed by atoms with Gasteiger partial charge in [0.05, 0.1) is 4.47 Å². The Morgan fingerprint density at radius 1 is 0.941 bits per heavy atom. The van der Waals surface area contributed by atoms with Crippen LogP contribution in [0.5, 0.6) is 5.75 Å². The minimum Gasteiger partial charge on any atom is -0.488 e. The summed E-state index contributed by atoms with van der Waals surface area (Å²) in [7, 11) is 0. The topological polar surface area (TPSA) is 9.23 Å². The molecule has 2 aromatic carbocycles. The molecule has 0 amide bonds. The summed E-state index contributed by atoms with van der Waals surface area (Å²) in [4.78, 5) is 0. The van der Waals surface area contributed by atoms with Crippen molar-refractivity contribution in [2.24, 2.45) is 0 Å². The minimum absolute atomic E-state index is 0.266. The van der Waals surface area contributed by atoms with Crippen LogP contribution in [0, 0.1) is 11.6 Å². The van der Waals surface area contributed by atoms with Crippen LogP contribution in [0.3, 0.4) is 0 Å². The maximum absolute atomic E-state index is 13.0. The molecule has 2 rings (SSSR count). The van der Waals surface area contributed by atoms with Gasteiger partial charge in [0, 0.05) is 6.07 Å². The fourth-order valence-corrected chi connectivity index (χ4v) is 1.69. The summed E-state index contributed by atoms with van der Waals surface area (Å²) in [6.07, 6.45) is 0. The van der Waals surface area contributed by atoms with Gasteiger partial charge in [-0.3, -0.25) is 0 Å². The van der Waals surface area contributed by atoms with Crippen molar-refractivity contribution in [3.05, 3.63) is 64.1 Å². The van der Waals surface area contributed by atoms with E-state index in [1.54, 1.807) is 18.2 Å². The first-order valence-electron chi connectivity index (χ1n) is 4.97. The minimum atomic E-state index is -0.359. The van der Waals surface area contributed by atoms with Crippen molar-refractivity contribution in [3.8, 4) is 5.75 Å². The van der Waals surface area contributed by atoms with Gasteiger partial charge in [0.25, 0.3) is 0 Å². The smallest absolute Gasteiger partial charge is 0.136 e. The summed E-state index contributed by atoms with van der Waals surface area (Å²) >= 11 is 3.26. The van der Waals surface area contributed by atoms with Crippen molar-refractivity contribution in [2.45, 2.75) is 6.61 Å². The molecule has 0 atom stereocenters. The molecule has 2 aromatic rings. The van der Waals surface area contributed by atoms with Crippen LogP contribution in [-0.2, 0) is 6.61 Å². The van der Waals surface area contributed by atoms with Crippen LogP contribution in [0.15, 0.2) is 46.9 Å². The summed E-state index contributed by atoms with van der Waals surface area (Å²) in [6, 6.07) is 10.2. The summed E-state index contributed by atoms with van der Waals surface area (Å²) in [5.74, 6) is -0.225. The van der Waals surface area contributed by atoms with E-state index < -0.39 is 0 Å². The van der Waals surface area contributed by atoms with Crippen LogP contribution < -0.4 is 4.74 Å². The molecular weight excluding hydrogens is 290 g/mol. The quantitative estimate of drug-likeness (QED) is 0.820. The molecule has 0 spiro atoms. The lowest BCUT2D eigenvalue weighted by molar-refractivity contribution is 0.302. The molecule has 0 fully saturated rings. The van der Waals surface area contributed by atoms with E-state index in [0.29, 0.717) is 10.2 Å². The SMILES string of the molecule is Fc1ccc(COc2cc(F)ccc2Br)cc1. The highest BCUT2D eigenvalue weighted by Crippen LogP contribution is 2.26. The van der Waals surface area contributed by atoms with E-state index in [1.165, 1.54) is 24.3 Å². The lowest BCUT2D eigenvalue weighted by atomic mass is 10.2. The summed E-state index contributed by atoms with van der Waals surface area (Å²) < 4.78 is 31.8. The average molecular weight is 299 g/mol. The lowest BCUT2D eigenvalue weighted by Crippen LogP contribution is -1.96. The first-order valence-corrected chi connectivity index (χ1v) is 5.77. The fraction of sp³-hybridized carbons (Fsp3) is 0.0769. The standard InChI is InChI=1S/C13H9BrF2O/c14-12-6-5-11(16)7-13(12)17-8-9-1-3-10(15)4-2-9/h1-7H,8H2. The molecule has 0 unspecified atom stereocenters. The average Bonchev–Trinajstić information content (AvgIpc) is 2.32. The van der Waals surface area contributed by atoms with Crippen LogP contribution in [0.25, 0.3) is 0 Å². The molecule has 0 bridgehead atoms. The second-order valence-corrected chi connectivity index (χ2v) is 4.34. The van der Waals surface area contributed by atoms with E-state index in [4.69, 9.17) is 4.74 Å². The fourth-order valence-electron chi connectivity index (χ4n) is 1.33. The Kier molecular flexibility index (Phi) is 3.74. The molecule has 0 aliphatic heterocycles. The van der Waals surface area contributed by atoms with Crippen molar-refractivity contribution in [1.29, 1.82) is 0 Å². The van der Waals surface area contributed by atoms with Crippen molar-refractivity contribution in [3.63, 3.8) is 0 Å². The van der Waals surface area contributed by atoms with Crippen LogP contribution >= 0.6 is 15.9 Å². The van der Waals surface area contributed by atoms with E-state index in [0.717, 1.165) is 5.56 Å². The Morgan fingerprint density at radius 2 is 1.59 bits per heavy atom. The summed E-state index contributed by atoms with van der Waals surface area (Å²) in [5.41, 5.74) is 0.822. The Morgan fingerprint density at radius 3 is 2.29 bits per heavy atom. The van der Waals surface area contributed by atoms with Crippen LogP contribution in [0.1, 0.15) is 5.56 Å². The molecule has 0 radical (unpaired) electrons. The molecular formula is C13H9BrF2O. The molecule has 0 N–H and O–H groups in total. The molecule has 0 saturated heterocycles. The molecule has 4 heteroatoms. The molecule has 1 nitrogen and oxygen atoms in total. The van der Waals surface area contributed by atoms with E-state index >= 15 is 0 Å². The van der Waals surface area contributed by atoms with E-state index in [1.807, 2.05) is 0 Å². The normalized spacial score (nSPS) is 10.3. The van der Waals surface area contributed by atoms with Gasteiger partial charge in [-0.1, -0.05) is 12.1 Å². The molecule has 0 aliphatic rings. The van der Waals surface area contributed by atoms with Crippen LogP contribution in [0.4, 0.5) is 8.78 Å². The first-order chi connectivity index (χ1) is 8.15. The Hall–Kier alpha value is -1.42. The number of halogens is 3. The van der Waals surface area contributed by atoms with Gasteiger partial charge in [-0.15, -0.1) is 0 Å². The zero-order valence-electron chi connectivity index (χ0n) is 8.79. The Labute approximate surface area is 106 Å². The van der Waals surface area contributed by atoms with Gasteiger partial charge < -0.3 is 4.74 Å². The summed E-state index contributed by atoms with van der Waals surface area (Å²) in [6.45, 7) is 0.266. The second-order valence-electron chi connectivity index (χ2n) is 3.49. The maximum atomic E-state index is 13.0. The van der Waals surface area contributed by atoms with Gasteiger partial charge in [0.1, 0.15) is 24.0 Å². The van der Waals surface area contributed by atoms with Gasteiger partial charge in [0.15, 0.2) is 0 Å². The zero-order valence-corrected chi connectivity index (χ0v) is 10.4. The second kappa shape index (κ2) is 5.27. The van der Waals surface area contributed by atoms with E-state index in [-0.39, 0.29) is 18.2 Å². The molecule has 0 aliphatic carbocycles. The predicted octanol–water partition coefficient (Wildman–Crippen LogP) is 4.31. The molecule has 17 heavy (non-hydrogen) atoms. The monoisotopic (exact) mass is 298 g/mol. The van der Waals surface area contributed by atoms with Crippen LogP contribution in [0.2, 0.25) is 0 Å². The number of hydrogen-bond acceptors (Lipinski definition) is 1. The molecule has 88 valence electrons. The number of benzene rings is 2. The van der Waals surface area contributed by atoms with Gasteiger partial charge >= 0.3 is 0 Å². The number of ether oxygens (including phenoxy) is 1. The highest BCUT2D eigenvalue weighted by atomic mass is 79.9. The third kappa shape index (κ3) is 3.27. The van der Waals surface area contributed by atoms with Gasteiger partial charge in [0.2, 0.25) is 0 Å². The Bertz CT molecular complexity index is 511. The van der Waals surface area contributed by atoms with Gasteiger partial charge in [-0.05, 0) is 45.8 Å². The Balaban J connectivity index is 2.07. The lowest BCUT2D eigenvalue weighted by Gasteiger charge is -2.08. The molecule has 0 heterocycles. The number of hydrogen-bond donors (Lipinski definition) is 0. The third-order valence-electron chi connectivity index (χ3n) is 2.20. The number of rotatable bonds is 3. The van der Waals surface area contributed by atoms with Crippen molar-refractivity contribution in [2.75, 3.05) is 0 Å². The van der Waals surface area contributed by atoms with Crippen LogP contribution in [-0.4, -0.2) is 0 Å². The van der Waals surface area contributed by atoms with Crippen molar-refractivity contribution >= 4 is 15.9 Å². The molecule has 0 saturated carbocycles. The zero-order chi connectivity index (χ0) is 12.3. The third-order valence-corrected chi connectivity index (χ3v) is 2.86. The maximum Gasteiger partial charge on any atom is 0.136 e. The van der Waals surface area contributed by atoms with Crippen molar-refractivity contribution < 1.29 is 13.5 Å². The predicted molar refractivity (Wildman–Crippen MR) is 64.8 cm³/mol. The highest BCUT2D eigenvalue weighted by Gasteiger charge is 2.03. The van der Waals surface area contributed by atoms with E-state index in [2.05, 4.69) is 15.9 Å². The van der Waals surface area contributed by atoms with Gasteiger partial charge in [-0.2, -0.15) is 0 Å². The molecule has 0 aromatic heterocycles. The highest BCUT2D eigenvalue weighted by molar-refractivity contribution is 9.10. The van der Waals surface area contributed by atoms with E-state index in [9.17, 15) is 8.78 Å². The summed E-state index contributed by atoms with van der Waals surface area (Å²) in [5, 5.41) is 0. The van der Waals surface area contributed by atoms with Gasteiger partial charge in [-0.25, -0.2) is 8.78 Å². The largest absolute Gasteiger partial charge is 0.488 e. The first kappa shape index (κ1) is 12.0. The van der Waals surface area contributed by atoms with Crippen molar-refractivity contribution in [1.82, 2.24) is 0 Å².